The molecule has 0 spiro atoms. The fourth-order valence-corrected chi connectivity index (χ4v) is 3.62. The van der Waals surface area contributed by atoms with E-state index in [-0.39, 0.29) is 11.5 Å². The highest BCUT2D eigenvalue weighted by atomic mass is 32.2. The van der Waals surface area contributed by atoms with Crippen LogP contribution < -0.4 is 0 Å². The molecule has 0 saturated heterocycles. The van der Waals surface area contributed by atoms with Crippen LogP contribution in [0.15, 0.2) is 12.1 Å². The molecule has 1 aromatic heterocycles. The summed E-state index contributed by atoms with van der Waals surface area (Å²) in [6.07, 6.45) is 4.13. The smallest absolute Gasteiger partial charge is 0.185 e. The number of carbonyl (C=O) groups excluding carboxylic acids is 1. The Balaban J connectivity index is 2.40. The van der Waals surface area contributed by atoms with E-state index in [0.717, 1.165) is 30.6 Å². The van der Waals surface area contributed by atoms with Gasteiger partial charge in [0.15, 0.2) is 5.78 Å². The number of thiophene rings is 1. The Morgan fingerprint density at radius 3 is 2.65 bits per heavy atom. The minimum Gasteiger partial charge on any atom is -0.292 e. The third kappa shape index (κ3) is 5.13. The molecule has 0 amide bonds. The fourth-order valence-electron chi connectivity index (χ4n) is 1.52. The summed E-state index contributed by atoms with van der Waals surface area (Å²) in [5.41, 5.74) is 0. The highest BCUT2D eigenvalue weighted by Gasteiger charge is 2.12. The van der Waals surface area contributed by atoms with Gasteiger partial charge in [0, 0.05) is 21.4 Å². The summed E-state index contributed by atoms with van der Waals surface area (Å²) in [4.78, 5) is 13.8. The highest BCUT2D eigenvalue weighted by Crippen LogP contribution is 2.17. The maximum atomic E-state index is 11.8. The monoisotopic (exact) mass is 272 g/mol. The number of unbranched alkanes of at least 4 members (excludes halogenated alkanes) is 2. The van der Waals surface area contributed by atoms with E-state index >= 15 is 0 Å². The molecular formula is C13H20O2S2. The number of hydrogen-bond donors (Lipinski definition) is 0. The zero-order valence-electron chi connectivity index (χ0n) is 10.5. The summed E-state index contributed by atoms with van der Waals surface area (Å²) in [6.45, 7) is 4.19. The number of rotatable bonds is 8. The van der Waals surface area contributed by atoms with Gasteiger partial charge in [-0.3, -0.25) is 9.00 Å². The van der Waals surface area contributed by atoms with Gasteiger partial charge in [-0.15, -0.1) is 11.3 Å². The minimum absolute atomic E-state index is 0.0320. The highest BCUT2D eigenvalue weighted by molar-refractivity contribution is 7.85. The van der Waals surface area contributed by atoms with Gasteiger partial charge < -0.3 is 0 Å². The van der Waals surface area contributed by atoms with Gasteiger partial charge in [0.25, 0.3) is 0 Å². The van der Waals surface area contributed by atoms with Crippen LogP contribution >= 0.6 is 11.3 Å². The first kappa shape index (κ1) is 14.6. The van der Waals surface area contributed by atoms with Crippen molar-refractivity contribution in [3.63, 3.8) is 0 Å². The van der Waals surface area contributed by atoms with E-state index in [9.17, 15) is 9.00 Å². The van der Waals surface area contributed by atoms with Gasteiger partial charge >= 0.3 is 0 Å². The van der Waals surface area contributed by atoms with Crippen LogP contribution in [0, 0.1) is 0 Å². The number of carbonyl (C=O) groups is 1. The lowest BCUT2D eigenvalue weighted by Gasteiger charge is -1.99. The van der Waals surface area contributed by atoms with Crippen LogP contribution in [0.5, 0.6) is 0 Å². The van der Waals surface area contributed by atoms with E-state index < -0.39 is 10.8 Å². The van der Waals surface area contributed by atoms with Crippen molar-refractivity contribution in [2.75, 3.05) is 11.5 Å². The molecule has 0 aliphatic carbocycles. The lowest BCUT2D eigenvalue weighted by Crippen LogP contribution is -2.12. The third-order valence-electron chi connectivity index (χ3n) is 2.55. The lowest BCUT2D eigenvalue weighted by atomic mass is 10.3. The molecule has 0 radical (unpaired) electrons. The molecule has 0 fully saturated rings. The quantitative estimate of drug-likeness (QED) is 0.536. The molecule has 0 aliphatic rings. The van der Waals surface area contributed by atoms with Gasteiger partial charge in [0.2, 0.25) is 0 Å². The van der Waals surface area contributed by atoms with E-state index in [1.165, 1.54) is 16.2 Å². The second-order valence-corrected chi connectivity index (χ2v) is 6.78. The van der Waals surface area contributed by atoms with Crippen molar-refractivity contribution in [1.29, 1.82) is 0 Å². The SMILES string of the molecule is CCCCCS(=O)CC(=O)c1ccc(CC)s1. The van der Waals surface area contributed by atoms with Gasteiger partial charge in [-0.25, -0.2) is 0 Å². The van der Waals surface area contributed by atoms with Crippen molar-refractivity contribution < 1.29 is 9.00 Å². The largest absolute Gasteiger partial charge is 0.292 e. The summed E-state index contributed by atoms with van der Waals surface area (Å²) < 4.78 is 11.7. The Bertz CT molecular complexity index is 383. The molecule has 0 aromatic carbocycles. The maximum absolute atomic E-state index is 11.8. The molecule has 96 valence electrons. The molecule has 0 saturated carbocycles. The first-order chi connectivity index (χ1) is 8.17. The predicted molar refractivity (Wildman–Crippen MR) is 75.4 cm³/mol. The molecule has 2 nitrogen and oxygen atoms in total. The predicted octanol–water partition coefficient (Wildman–Crippen LogP) is 3.43. The van der Waals surface area contributed by atoms with E-state index in [2.05, 4.69) is 13.8 Å². The maximum Gasteiger partial charge on any atom is 0.185 e. The Morgan fingerprint density at radius 2 is 2.06 bits per heavy atom. The normalized spacial score (nSPS) is 12.6. The zero-order chi connectivity index (χ0) is 12.7. The molecule has 17 heavy (non-hydrogen) atoms. The topological polar surface area (TPSA) is 34.1 Å². The van der Waals surface area contributed by atoms with Crippen molar-refractivity contribution in [2.45, 2.75) is 39.5 Å². The van der Waals surface area contributed by atoms with E-state index in [1.54, 1.807) is 0 Å². The first-order valence-electron chi connectivity index (χ1n) is 6.14. The van der Waals surface area contributed by atoms with E-state index in [0.29, 0.717) is 5.75 Å². The Kier molecular flexibility index (Phi) is 6.66. The average molecular weight is 272 g/mol. The standard InChI is InChI=1S/C13H20O2S2/c1-3-5-6-9-17(15)10-12(14)13-8-7-11(4-2)16-13/h7-8H,3-6,9-10H2,1-2H3. The Labute approximate surface area is 110 Å². The van der Waals surface area contributed by atoms with Crippen molar-refractivity contribution >= 4 is 27.9 Å². The van der Waals surface area contributed by atoms with Crippen LogP contribution in [0.2, 0.25) is 0 Å². The third-order valence-corrected chi connectivity index (χ3v) is 5.15. The van der Waals surface area contributed by atoms with Crippen molar-refractivity contribution in [2.24, 2.45) is 0 Å². The van der Waals surface area contributed by atoms with Gasteiger partial charge in [-0.1, -0.05) is 26.7 Å². The van der Waals surface area contributed by atoms with Crippen LogP contribution in [0.4, 0.5) is 0 Å². The summed E-state index contributed by atoms with van der Waals surface area (Å²) in [5.74, 6) is 0.878. The molecule has 0 N–H and O–H groups in total. The Morgan fingerprint density at radius 1 is 1.29 bits per heavy atom. The van der Waals surface area contributed by atoms with Crippen molar-refractivity contribution in [1.82, 2.24) is 0 Å². The van der Waals surface area contributed by atoms with Crippen molar-refractivity contribution in [3.8, 4) is 0 Å². The van der Waals surface area contributed by atoms with Gasteiger partial charge in [-0.05, 0) is 25.0 Å². The van der Waals surface area contributed by atoms with E-state index in [4.69, 9.17) is 0 Å². The second kappa shape index (κ2) is 7.77. The molecule has 4 heteroatoms. The van der Waals surface area contributed by atoms with Crippen LogP contribution in [-0.2, 0) is 17.2 Å². The van der Waals surface area contributed by atoms with Gasteiger partial charge in [0.1, 0.15) is 0 Å². The molecule has 1 aromatic rings. The number of Topliss-reactive ketones (excluding diaryl/α,β-unsaturated/α-hetero) is 1. The summed E-state index contributed by atoms with van der Waals surface area (Å²) in [7, 11) is -0.988. The van der Waals surface area contributed by atoms with Crippen LogP contribution in [0.3, 0.4) is 0 Å². The number of ketones is 1. The Hall–Kier alpha value is -0.480. The van der Waals surface area contributed by atoms with Gasteiger partial charge in [0.05, 0.1) is 10.6 Å². The number of hydrogen-bond acceptors (Lipinski definition) is 3. The molecule has 1 unspecified atom stereocenters. The molecular weight excluding hydrogens is 252 g/mol. The lowest BCUT2D eigenvalue weighted by molar-refractivity contribution is 0.102. The van der Waals surface area contributed by atoms with Crippen LogP contribution in [0.1, 0.15) is 47.7 Å². The second-order valence-electron chi connectivity index (χ2n) is 4.04. The average Bonchev–Trinajstić information content (AvgIpc) is 2.78. The summed E-state index contributed by atoms with van der Waals surface area (Å²) in [6, 6.07) is 3.84. The minimum atomic E-state index is -0.988. The molecule has 0 aliphatic heterocycles. The summed E-state index contributed by atoms with van der Waals surface area (Å²) >= 11 is 1.53. The van der Waals surface area contributed by atoms with E-state index in [1.807, 2.05) is 12.1 Å². The van der Waals surface area contributed by atoms with Crippen molar-refractivity contribution in [3.05, 3.63) is 21.9 Å². The van der Waals surface area contributed by atoms with Gasteiger partial charge in [-0.2, -0.15) is 0 Å². The molecule has 1 rings (SSSR count). The number of aryl methyl sites for hydroxylation is 1. The first-order valence-corrected chi connectivity index (χ1v) is 8.44. The van der Waals surface area contributed by atoms with Crippen LogP contribution in [-0.4, -0.2) is 21.5 Å². The molecule has 1 heterocycles. The fraction of sp³-hybridized carbons (Fsp3) is 0.615. The summed E-state index contributed by atoms with van der Waals surface area (Å²) in [5, 5.41) is 0. The van der Waals surface area contributed by atoms with Crippen LogP contribution in [0.25, 0.3) is 0 Å². The zero-order valence-corrected chi connectivity index (χ0v) is 12.2. The molecule has 0 bridgehead atoms. The molecule has 1 atom stereocenters.